The maximum atomic E-state index is 10.6. The van der Waals surface area contributed by atoms with Gasteiger partial charge in [0.15, 0.2) is 0 Å². The lowest BCUT2D eigenvalue weighted by Gasteiger charge is -2.05. The summed E-state index contributed by atoms with van der Waals surface area (Å²) in [5.74, 6) is 0. The molecule has 1 aromatic carbocycles. The molecule has 0 bridgehead atoms. The Bertz CT molecular complexity index is 775. The molecule has 0 saturated carbocycles. The molecule has 2 heterocycles. The molecular formula is C15H13N3O2. The Balaban J connectivity index is 1.90. The third-order valence-electron chi connectivity index (χ3n) is 3.28. The summed E-state index contributed by atoms with van der Waals surface area (Å²) in [5, 5.41) is 10.6. The van der Waals surface area contributed by atoms with E-state index in [0.29, 0.717) is 6.42 Å². The minimum absolute atomic E-state index is 0.110. The zero-order valence-electron chi connectivity index (χ0n) is 11.0. The predicted molar refractivity (Wildman–Crippen MR) is 75.8 cm³/mol. The molecular weight excluding hydrogens is 254 g/mol. The summed E-state index contributed by atoms with van der Waals surface area (Å²) >= 11 is 0. The smallest absolute Gasteiger partial charge is 0.269 e. The van der Waals surface area contributed by atoms with E-state index in [1.54, 1.807) is 12.1 Å². The van der Waals surface area contributed by atoms with E-state index in [1.807, 2.05) is 35.9 Å². The average Bonchev–Trinajstić information content (AvgIpc) is 2.88. The van der Waals surface area contributed by atoms with Gasteiger partial charge < -0.3 is 4.40 Å². The lowest BCUT2D eigenvalue weighted by atomic mass is 10.1. The first kappa shape index (κ1) is 12.3. The molecule has 0 spiro atoms. The van der Waals surface area contributed by atoms with Crippen LogP contribution in [0.5, 0.6) is 0 Å². The van der Waals surface area contributed by atoms with Crippen LogP contribution in [0.2, 0.25) is 0 Å². The van der Waals surface area contributed by atoms with E-state index in [0.717, 1.165) is 22.5 Å². The van der Waals surface area contributed by atoms with Crippen LogP contribution in [0.1, 0.15) is 17.0 Å². The Hall–Kier alpha value is -2.69. The zero-order valence-corrected chi connectivity index (χ0v) is 11.0. The molecule has 5 heteroatoms. The molecule has 0 amide bonds. The number of nitro groups is 1. The van der Waals surface area contributed by atoms with Gasteiger partial charge in [-0.2, -0.15) is 0 Å². The molecule has 0 atom stereocenters. The van der Waals surface area contributed by atoms with Crippen molar-refractivity contribution < 1.29 is 4.92 Å². The number of nitro benzene ring substituents is 1. The van der Waals surface area contributed by atoms with Gasteiger partial charge in [-0.05, 0) is 24.6 Å². The maximum absolute atomic E-state index is 10.6. The molecule has 3 rings (SSSR count). The number of benzene rings is 1. The highest BCUT2D eigenvalue weighted by atomic mass is 16.6. The van der Waals surface area contributed by atoms with E-state index in [9.17, 15) is 10.1 Å². The van der Waals surface area contributed by atoms with Crippen LogP contribution in [0.3, 0.4) is 0 Å². The van der Waals surface area contributed by atoms with E-state index in [1.165, 1.54) is 12.1 Å². The Morgan fingerprint density at radius 3 is 2.70 bits per heavy atom. The molecule has 0 radical (unpaired) electrons. The second-order valence-electron chi connectivity index (χ2n) is 4.72. The molecule has 0 saturated heterocycles. The van der Waals surface area contributed by atoms with Gasteiger partial charge in [-0.15, -0.1) is 0 Å². The summed E-state index contributed by atoms with van der Waals surface area (Å²) < 4.78 is 2.04. The molecule has 5 nitrogen and oxygen atoms in total. The van der Waals surface area contributed by atoms with Gasteiger partial charge in [0, 0.05) is 30.9 Å². The van der Waals surface area contributed by atoms with Crippen LogP contribution in [0, 0.1) is 17.0 Å². The molecule has 0 N–H and O–H groups in total. The van der Waals surface area contributed by atoms with Crippen LogP contribution in [0.4, 0.5) is 5.69 Å². The predicted octanol–water partition coefficient (Wildman–Crippen LogP) is 3.14. The van der Waals surface area contributed by atoms with Crippen LogP contribution < -0.4 is 0 Å². The number of hydrogen-bond donors (Lipinski definition) is 0. The van der Waals surface area contributed by atoms with E-state index < -0.39 is 4.92 Å². The first-order valence-electron chi connectivity index (χ1n) is 6.30. The minimum atomic E-state index is -0.391. The van der Waals surface area contributed by atoms with Crippen molar-refractivity contribution in [1.82, 2.24) is 9.38 Å². The van der Waals surface area contributed by atoms with Crippen LogP contribution >= 0.6 is 0 Å². The number of aryl methyl sites for hydroxylation is 1. The summed E-state index contributed by atoms with van der Waals surface area (Å²) in [7, 11) is 0. The van der Waals surface area contributed by atoms with Gasteiger partial charge in [0.2, 0.25) is 0 Å². The first-order valence-corrected chi connectivity index (χ1v) is 6.30. The first-order chi connectivity index (χ1) is 9.63. The number of fused-ring (bicyclic) bond motifs is 1. The fourth-order valence-electron chi connectivity index (χ4n) is 2.31. The number of non-ortho nitro benzene ring substituents is 1. The monoisotopic (exact) mass is 267 g/mol. The second kappa shape index (κ2) is 4.77. The Morgan fingerprint density at radius 1 is 1.25 bits per heavy atom. The van der Waals surface area contributed by atoms with Gasteiger partial charge in [-0.3, -0.25) is 15.1 Å². The van der Waals surface area contributed by atoms with Crippen molar-refractivity contribution in [3.05, 3.63) is 75.9 Å². The highest BCUT2D eigenvalue weighted by molar-refractivity contribution is 5.52. The molecule has 2 aromatic heterocycles. The molecule has 0 aliphatic rings. The molecule has 0 aliphatic carbocycles. The second-order valence-corrected chi connectivity index (χ2v) is 4.72. The summed E-state index contributed by atoms with van der Waals surface area (Å²) in [4.78, 5) is 14.8. The van der Waals surface area contributed by atoms with E-state index >= 15 is 0 Å². The van der Waals surface area contributed by atoms with E-state index in [4.69, 9.17) is 0 Å². The fraction of sp³-hybridized carbons (Fsp3) is 0.133. The number of aromatic nitrogens is 2. The molecule has 0 fully saturated rings. The van der Waals surface area contributed by atoms with Gasteiger partial charge in [-0.25, -0.2) is 0 Å². The van der Waals surface area contributed by atoms with Crippen molar-refractivity contribution >= 4 is 11.2 Å². The van der Waals surface area contributed by atoms with Crippen molar-refractivity contribution in [2.45, 2.75) is 13.3 Å². The third-order valence-corrected chi connectivity index (χ3v) is 3.28. The van der Waals surface area contributed by atoms with Crippen molar-refractivity contribution in [2.75, 3.05) is 0 Å². The summed E-state index contributed by atoms with van der Waals surface area (Å²) in [6, 6.07) is 10.6. The average molecular weight is 267 g/mol. The van der Waals surface area contributed by atoms with Crippen LogP contribution in [-0.4, -0.2) is 14.3 Å². The van der Waals surface area contributed by atoms with Crippen LogP contribution in [-0.2, 0) is 6.42 Å². The Labute approximate surface area is 115 Å². The van der Waals surface area contributed by atoms with Gasteiger partial charge in [0.1, 0.15) is 0 Å². The van der Waals surface area contributed by atoms with Crippen LogP contribution in [0.15, 0.2) is 48.8 Å². The van der Waals surface area contributed by atoms with Gasteiger partial charge in [0.05, 0.1) is 21.8 Å². The maximum Gasteiger partial charge on any atom is 0.269 e. The number of rotatable bonds is 3. The number of hydrogen-bond acceptors (Lipinski definition) is 3. The fourth-order valence-corrected chi connectivity index (χ4v) is 2.31. The molecule has 0 aliphatic heterocycles. The molecule has 100 valence electrons. The lowest BCUT2D eigenvalue weighted by Crippen LogP contribution is -1.99. The van der Waals surface area contributed by atoms with Crippen molar-refractivity contribution in [2.24, 2.45) is 0 Å². The van der Waals surface area contributed by atoms with Crippen LogP contribution in [0.25, 0.3) is 5.52 Å². The quantitative estimate of drug-likeness (QED) is 0.541. The van der Waals surface area contributed by atoms with E-state index in [2.05, 4.69) is 4.98 Å². The largest absolute Gasteiger partial charge is 0.320 e. The molecule has 20 heavy (non-hydrogen) atoms. The zero-order chi connectivity index (χ0) is 14.1. The third kappa shape index (κ3) is 2.25. The highest BCUT2D eigenvalue weighted by Gasteiger charge is 2.06. The Morgan fingerprint density at radius 2 is 2.00 bits per heavy atom. The van der Waals surface area contributed by atoms with Gasteiger partial charge in [-0.1, -0.05) is 12.1 Å². The standard InChI is InChI=1S/C15H13N3O2/c1-11-15-3-2-8-17(15)10-13(16-11)9-12-4-6-14(7-5-12)18(19)20/h2-8,10H,9H2,1H3. The minimum Gasteiger partial charge on any atom is -0.320 e. The molecule has 3 aromatic rings. The van der Waals surface area contributed by atoms with Gasteiger partial charge in [0.25, 0.3) is 5.69 Å². The summed E-state index contributed by atoms with van der Waals surface area (Å²) in [6.07, 6.45) is 4.64. The topological polar surface area (TPSA) is 60.4 Å². The Kier molecular flexibility index (Phi) is 2.95. The SMILES string of the molecule is Cc1nc(Cc2ccc([N+](=O)[O-])cc2)cn2cccc12. The number of nitrogens with zero attached hydrogens (tertiary/aromatic N) is 3. The highest BCUT2D eigenvalue weighted by Crippen LogP contribution is 2.16. The normalized spacial score (nSPS) is 10.8. The summed E-state index contributed by atoms with van der Waals surface area (Å²) in [5.41, 5.74) is 4.14. The van der Waals surface area contributed by atoms with Crippen molar-refractivity contribution in [3.63, 3.8) is 0 Å². The van der Waals surface area contributed by atoms with E-state index in [-0.39, 0.29) is 5.69 Å². The van der Waals surface area contributed by atoms with Gasteiger partial charge >= 0.3 is 0 Å². The van der Waals surface area contributed by atoms with Crippen molar-refractivity contribution in [3.8, 4) is 0 Å². The van der Waals surface area contributed by atoms with Crippen molar-refractivity contribution in [1.29, 1.82) is 0 Å². The molecule has 0 unspecified atom stereocenters. The summed E-state index contributed by atoms with van der Waals surface area (Å²) in [6.45, 7) is 1.98. The lowest BCUT2D eigenvalue weighted by molar-refractivity contribution is -0.384.